The summed E-state index contributed by atoms with van der Waals surface area (Å²) in [7, 11) is 0. The van der Waals surface area contributed by atoms with E-state index in [1.807, 2.05) is 6.92 Å². The summed E-state index contributed by atoms with van der Waals surface area (Å²) in [5.74, 6) is 0.333. The second kappa shape index (κ2) is 6.92. The summed E-state index contributed by atoms with van der Waals surface area (Å²) >= 11 is 11.8. The second-order valence-electron chi connectivity index (χ2n) is 5.42. The lowest BCUT2D eigenvalue weighted by Gasteiger charge is -2.24. The number of hydrogen-bond acceptors (Lipinski definition) is 1. The van der Waals surface area contributed by atoms with Crippen molar-refractivity contribution in [1.29, 1.82) is 0 Å². The minimum atomic E-state index is -0.410. The predicted molar refractivity (Wildman–Crippen MR) is 79.4 cm³/mol. The van der Waals surface area contributed by atoms with Gasteiger partial charge in [-0.3, -0.25) is 0 Å². The van der Waals surface area contributed by atoms with Crippen LogP contribution in [-0.2, 0) is 0 Å². The van der Waals surface area contributed by atoms with E-state index in [2.05, 4.69) is 5.32 Å². The van der Waals surface area contributed by atoms with Crippen LogP contribution >= 0.6 is 23.2 Å². The summed E-state index contributed by atoms with van der Waals surface area (Å²) in [6.07, 6.45) is 6.61. The van der Waals surface area contributed by atoms with Crippen molar-refractivity contribution in [2.24, 2.45) is 5.92 Å². The summed E-state index contributed by atoms with van der Waals surface area (Å²) in [6, 6.07) is 2.96. The third-order valence-corrected chi connectivity index (χ3v) is 4.56. The van der Waals surface area contributed by atoms with Crippen molar-refractivity contribution in [3.05, 3.63) is 33.6 Å². The van der Waals surface area contributed by atoms with Crippen LogP contribution in [0.5, 0.6) is 0 Å². The van der Waals surface area contributed by atoms with E-state index in [0.717, 1.165) is 18.0 Å². The molecule has 1 nitrogen and oxygen atoms in total. The molecule has 1 aliphatic rings. The molecule has 1 aromatic rings. The van der Waals surface area contributed by atoms with Crippen molar-refractivity contribution in [3.63, 3.8) is 0 Å². The monoisotopic (exact) mass is 303 g/mol. The topological polar surface area (TPSA) is 12.0 Å². The smallest absolute Gasteiger partial charge is 0.142 e. The summed E-state index contributed by atoms with van der Waals surface area (Å²) in [5, 5.41) is 4.06. The molecule has 0 aliphatic heterocycles. The molecule has 1 saturated carbocycles. The van der Waals surface area contributed by atoms with E-state index in [-0.39, 0.29) is 11.1 Å². The van der Waals surface area contributed by atoms with Crippen LogP contribution in [0.15, 0.2) is 12.1 Å². The van der Waals surface area contributed by atoms with Gasteiger partial charge in [-0.1, -0.05) is 42.5 Å². The van der Waals surface area contributed by atoms with E-state index in [1.165, 1.54) is 44.2 Å². The molecular formula is C15H20Cl2FN. The Balaban J connectivity index is 1.95. The zero-order valence-corrected chi connectivity index (χ0v) is 12.7. The van der Waals surface area contributed by atoms with E-state index < -0.39 is 5.82 Å². The minimum Gasteiger partial charge on any atom is -0.310 e. The Morgan fingerprint density at radius 1 is 1.21 bits per heavy atom. The summed E-state index contributed by atoms with van der Waals surface area (Å²) < 4.78 is 13.5. The molecular weight excluding hydrogens is 284 g/mol. The van der Waals surface area contributed by atoms with Gasteiger partial charge in [0.2, 0.25) is 0 Å². The summed E-state index contributed by atoms with van der Waals surface area (Å²) in [4.78, 5) is 0. The van der Waals surface area contributed by atoms with Gasteiger partial charge >= 0.3 is 0 Å². The van der Waals surface area contributed by atoms with Crippen LogP contribution in [-0.4, -0.2) is 6.54 Å². The maximum Gasteiger partial charge on any atom is 0.142 e. The van der Waals surface area contributed by atoms with Gasteiger partial charge in [-0.15, -0.1) is 0 Å². The molecule has 0 heterocycles. The first kappa shape index (κ1) is 15.1. The van der Waals surface area contributed by atoms with Crippen LogP contribution in [0, 0.1) is 11.7 Å². The van der Waals surface area contributed by atoms with E-state index in [1.54, 1.807) is 0 Å². The van der Waals surface area contributed by atoms with Gasteiger partial charge in [-0.25, -0.2) is 4.39 Å². The standard InChI is InChI=1S/C15H20Cl2FN/c1-10(19-9-11-5-3-2-4-6-11)12-7-15(18)14(17)8-13(12)16/h7-8,10-11,19H,2-6,9H2,1H3. The fraction of sp³-hybridized carbons (Fsp3) is 0.600. The highest BCUT2D eigenvalue weighted by molar-refractivity contribution is 6.35. The molecule has 0 amide bonds. The highest BCUT2D eigenvalue weighted by Gasteiger charge is 2.17. The van der Waals surface area contributed by atoms with Crippen molar-refractivity contribution in [3.8, 4) is 0 Å². The van der Waals surface area contributed by atoms with Gasteiger partial charge in [0.05, 0.1) is 5.02 Å². The molecule has 0 saturated heterocycles. The van der Waals surface area contributed by atoms with Crippen molar-refractivity contribution < 1.29 is 4.39 Å². The summed E-state index contributed by atoms with van der Waals surface area (Å²) in [5.41, 5.74) is 0.777. The molecule has 106 valence electrons. The number of rotatable bonds is 4. The molecule has 1 fully saturated rings. The van der Waals surface area contributed by atoms with E-state index >= 15 is 0 Å². The molecule has 1 N–H and O–H groups in total. The molecule has 0 radical (unpaired) electrons. The lowest BCUT2D eigenvalue weighted by molar-refractivity contribution is 0.331. The van der Waals surface area contributed by atoms with Crippen molar-refractivity contribution in [2.45, 2.75) is 45.1 Å². The zero-order valence-electron chi connectivity index (χ0n) is 11.2. The molecule has 1 aromatic carbocycles. The average Bonchev–Trinajstić information content (AvgIpc) is 2.41. The molecule has 4 heteroatoms. The Kier molecular flexibility index (Phi) is 5.49. The van der Waals surface area contributed by atoms with Gasteiger partial charge in [0.1, 0.15) is 5.82 Å². The lowest BCUT2D eigenvalue weighted by atomic mass is 9.89. The first-order valence-electron chi connectivity index (χ1n) is 6.95. The highest BCUT2D eigenvalue weighted by Crippen LogP contribution is 2.29. The SMILES string of the molecule is CC(NCC1CCCCC1)c1cc(F)c(Cl)cc1Cl. The molecule has 2 rings (SSSR count). The zero-order chi connectivity index (χ0) is 13.8. The van der Waals surface area contributed by atoms with Gasteiger partial charge < -0.3 is 5.32 Å². The molecule has 1 aliphatic carbocycles. The quantitative estimate of drug-likeness (QED) is 0.738. The third-order valence-electron chi connectivity index (χ3n) is 3.94. The van der Waals surface area contributed by atoms with Crippen LogP contribution in [0.1, 0.15) is 50.6 Å². The van der Waals surface area contributed by atoms with Crippen LogP contribution in [0.4, 0.5) is 4.39 Å². The number of nitrogens with one attached hydrogen (secondary N) is 1. The van der Waals surface area contributed by atoms with Crippen molar-refractivity contribution in [1.82, 2.24) is 5.32 Å². The fourth-order valence-corrected chi connectivity index (χ4v) is 3.26. The second-order valence-corrected chi connectivity index (χ2v) is 6.24. The Morgan fingerprint density at radius 2 is 1.89 bits per heavy atom. The first-order valence-corrected chi connectivity index (χ1v) is 7.71. The number of hydrogen-bond donors (Lipinski definition) is 1. The predicted octanol–water partition coefficient (Wildman–Crippen LogP) is 5.36. The van der Waals surface area contributed by atoms with Gasteiger partial charge in [0, 0.05) is 11.1 Å². The van der Waals surface area contributed by atoms with Crippen LogP contribution in [0.2, 0.25) is 10.0 Å². The van der Waals surface area contributed by atoms with Crippen molar-refractivity contribution in [2.75, 3.05) is 6.54 Å². The first-order chi connectivity index (χ1) is 9.08. The van der Waals surface area contributed by atoms with Gasteiger partial charge in [-0.2, -0.15) is 0 Å². The minimum absolute atomic E-state index is 0.0428. The van der Waals surface area contributed by atoms with Crippen molar-refractivity contribution >= 4 is 23.2 Å². The number of halogens is 3. The molecule has 1 unspecified atom stereocenters. The third kappa shape index (κ3) is 4.08. The lowest BCUT2D eigenvalue weighted by Crippen LogP contribution is -2.27. The number of benzene rings is 1. The Hall–Kier alpha value is -0.310. The van der Waals surface area contributed by atoms with E-state index in [4.69, 9.17) is 23.2 Å². The van der Waals surface area contributed by atoms with Crippen LogP contribution < -0.4 is 5.32 Å². The summed E-state index contributed by atoms with van der Waals surface area (Å²) in [6.45, 7) is 2.99. The van der Waals surface area contributed by atoms with Gasteiger partial charge in [-0.05, 0) is 49.9 Å². The van der Waals surface area contributed by atoms with E-state index in [0.29, 0.717) is 5.02 Å². The van der Waals surface area contributed by atoms with E-state index in [9.17, 15) is 4.39 Å². The van der Waals surface area contributed by atoms with Crippen LogP contribution in [0.3, 0.4) is 0 Å². The molecule has 1 atom stereocenters. The van der Waals surface area contributed by atoms with Gasteiger partial charge in [0.15, 0.2) is 0 Å². The maximum absolute atomic E-state index is 13.5. The Bertz CT molecular complexity index is 430. The Labute approximate surface area is 124 Å². The van der Waals surface area contributed by atoms with Crippen LogP contribution in [0.25, 0.3) is 0 Å². The molecule has 0 bridgehead atoms. The highest BCUT2D eigenvalue weighted by atomic mass is 35.5. The molecule has 0 aromatic heterocycles. The Morgan fingerprint density at radius 3 is 2.58 bits per heavy atom. The maximum atomic E-state index is 13.5. The fourth-order valence-electron chi connectivity index (χ4n) is 2.71. The largest absolute Gasteiger partial charge is 0.310 e. The normalized spacial score (nSPS) is 18.5. The molecule has 19 heavy (non-hydrogen) atoms. The van der Waals surface area contributed by atoms with Gasteiger partial charge in [0.25, 0.3) is 0 Å². The molecule has 0 spiro atoms. The average molecular weight is 304 g/mol.